The zero-order valence-electron chi connectivity index (χ0n) is 13.1. The van der Waals surface area contributed by atoms with Crippen LogP contribution in [0, 0.1) is 0 Å². The molecule has 2 aromatic carbocycles. The summed E-state index contributed by atoms with van der Waals surface area (Å²) in [7, 11) is 0. The monoisotopic (exact) mass is 327 g/mol. The van der Waals surface area contributed by atoms with Gasteiger partial charge < -0.3 is 14.6 Å². The second kappa shape index (κ2) is 6.62. The largest absolute Gasteiger partial charge is 0.490 e. The highest BCUT2D eigenvalue weighted by Gasteiger charge is 2.35. The summed E-state index contributed by atoms with van der Waals surface area (Å²) >= 11 is 0. The number of hydrogen-bond donors (Lipinski definition) is 1. The van der Waals surface area contributed by atoms with Crippen molar-refractivity contribution >= 4 is 12.0 Å². The molecule has 0 fully saturated rings. The van der Waals surface area contributed by atoms with Crippen molar-refractivity contribution in [2.75, 3.05) is 6.61 Å². The topological polar surface area (TPSA) is 76.1 Å². The van der Waals surface area contributed by atoms with Crippen LogP contribution in [-0.2, 0) is 6.61 Å². The summed E-state index contributed by atoms with van der Waals surface area (Å²) in [6, 6.07) is 13.9. The van der Waals surface area contributed by atoms with E-state index in [-0.39, 0.29) is 18.8 Å². The molecule has 0 aliphatic carbocycles. The molecule has 6 nitrogen and oxygen atoms in total. The molecule has 124 valence electrons. The molecule has 1 N–H and O–H groups in total. The molecule has 3 rings (SSSR count). The third kappa shape index (κ3) is 3.03. The first-order valence-corrected chi connectivity index (χ1v) is 7.57. The number of fused-ring (bicyclic) bond motifs is 1. The molecular weight excluding hydrogens is 310 g/mol. The number of rotatable bonds is 3. The molecule has 0 aromatic heterocycles. The van der Waals surface area contributed by atoms with Gasteiger partial charge in [-0.3, -0.25) is 4.79 Å². The smallest absolute Gasteiger partial charge is 0.414 e. The highest BCUT2D eigenvalue weighted by atomic mass is 16.5. The summed E-state index contributed by atoms with van der Waals surface area (Å²) < 4.78 is 11.4. The van der Waals surface area contributed by atoms with Crippen molar-refractivity contribution < 1.29 is 24.2 Å². The van der Waals surface area contributed by atoms with Crippen molar-refractivity contribution in [2.24, 2.45) is 0 Å². The molecule has 2 amide bonds. The van der Waals surface area contributed by atoms with Gasteiger partial charge in [0.2, 0.25) is 0 Å². The Hall–Kier alpha value is -3.02. The van der Waals surface area contributed by atoms with Crippen LogP contribution in [0.1, 0.15) is 22.8 Å². The van der Waals surface area contributed by atoms with Gasteiger partial charge in [-0.1, -0.05) is 36.4 Å². The highest BCUT2D eigenvalue weighted by Crippen LogP contribution is 2.33. The first kappa shape index (κ1) is 15.9. The zero-order valence-corrected chi connectivity index (χ0v) is 13.1. The highest BCUT2D eigenvalue weighted by molar-refractivity contribution is 6.06. The van der Waals surface area contributed by atoms with Crippen LogP contribution in [0.25, 0.3) is 0 Å². The Morgan fingerprint density at radius 2 is 2.00 bits per heavy atom. The van der Waals surface area contributed by atoms with E-state index in [0.717, 1.165) is 10.5 Å². The molecule has 1 atom stereocenters. The fourth-order valence-electron chi connectivity index (χ4n) is 2.58. The lowest BCUT2D eigenvalue weighted by atomic mass is 10.1. The molecule has 0 radical (unpaired) electrons. The number of benzene rings is 2. The molecule has 2 aromatic rings. The Morgan fingerprint density at radius 3 is 2.71 bits per heavy atom. The van der Waals surface area contributed by atoms with E-state index >= 15 is 0 Å². The molecule has 0 spiro atoms. The summed E-state index contributed by atoms with van der Waals surface area (Å²) in [5, 5.41) is 9.34. The third-order valence-electron chi connectivity index (χ3n) is 3.78. The first-order chi connectivity index (χ1) is 11.6. The molecule has 1 aliphatic rings. The molecule has 0 saturated carbocycles. The number of ether oxygens (including phenoxy) is 2. The Kier molecular flexibility index (Phi) is 4.37. The number of carboxylic acid groups (broad SMARTS) is 1. The van der Waals surface area contributed by atoms with Crippen molar-refractivity contribution in [3.8, 4) is 11.5 Å². The van der Waals surface area contributed by atoms with Crippen LogP contribution in [0.2, 0.25) is 0 Å². The predicted molar refractivity (Wildman–Crippen MR) is 86.4 cm³/mol. The van der Waals surface area contributed by atoms with Crippen molar-refractivity contribution in [3.05, 3.63) is 59.7 Å². The number of carbonyl (C=O) groups excluding carboxylic acids is 1. The quantitative estimate of drug-likeness (QED) is 0.937. The molecule has 1 aliphatic heterocycles. The van der Waals surface area contributed by atoms with E-state index in [4.69, 9.17) is 9.47 Å². The Balaban J connectivity index is 1.93. The van der Waals surface area contributed by atoms with Crippen LogP contribution in [0.15, 0.2) is 48.5 Å². The minimum absolute atomic E-state index is 0.104. The number of nitrogens with zero attached hydrogens (tertiary/aromatic N) is 1. The minimum atomic E-state index is -1.30. The Morgan fingerprint density at radius 1 is 1.25 bits per heavy atom. The number of amides is 2. The maximum absolute atomic E-state index is 12.7. The second-order valence-electron chi connectivity index (χ2n) is 5.52. The minimum Gasteiger partial charge on any atom is -0.490 e. The van der Waals surface area contributed by atoms with Crippen molar-refractivity contribution in [1.29, 1.82) is 0 Å². The Labute approximate surface area is 139 Å². The summed E-state index contributed by atoms with van der Waals surface area (Å²) in [5.41, 5.74) is 1.08. The molecule has 0 saturated heterocycles. The van der Waals surface area contributed by atoms with Gasteiger partial charge in [0.25, 0.3) is 5.91 Å². The van der Waals surface area contributed by atoms with Gasteiger partial charge in [-0.05, 0) is 24.6 Å². The van der Waals surface area contributed by atoms with Crippen LogP contribution < -0.4 is 9.47 Å². The molecular formula is C18H17NO5. The van der Waals surface area contributed by atoms with Crippen LogP contribution in [-0.4, -0.2) is 34.7 Å². The molecule has 6 heteroatoms. The van der Waals surface area contributed by atoms with Gasteiger partial charge in [-0.2, -0.15) is 0 Å². The molecule has 0 bridgehead atoms. The van der Waals surface area contributed by atoms with E-state index in [2.05, 4.69) is 0 Å². The zero-order chi connectivity index (χ0) is 17.1. The summed E-state index contributed by atoms with van der Waals surface area (Å²) in [6.45, 7) is 2.00. The molecule has 24 heavy (non-hydrogen) atoms. The van der Waals surface area contributed by atoms with E-state index in [0.29, 0.717) is 11.5 Å². The number of carbonyl (C=O) groups is 2. The lowest BCUT2D eigenvalue weighted by Crippen LogP contribution is -2.43. The van der Waals surface area contributed by atoms with E-state index in [1.165, 1.54) is 0 Å². The SMILES string of the molecule is C[C@H]1COc2cccc(OCc3ccccc3)c2C(=O)N1C(=O)O. The van der Waals surface area contributed by atoms with E-state index in [9.17, 15) is 14.7 Å². The van der Waals surface area contributed by atoms with E-state index in [1.54, 1.807) is 25.1 Å². The maximum atomic E-state index is 12.7. The van der Waals surface area contributed by atoms with Gasteiger partial charge in [0.15, 0.2) is 0 Å². The standard InChI is InChI=1S/C18H17NO5/c1-12-10-23-14-8-5-9-15(16(14)17(20)19(12)18(21)22)24-11-13-6-3-2-4-7-13/h2-9,12H,10-11H2,1H3,(H,21,22)/t12-/m0/s1. The van der Waals surface area contributed by atoms with E-state index < -0.39 is 18.0 Å². The van der Waals surface area contributed by atoms with Crippen LogP contribution in [0.5, 0.6) is 11.5 Å². The van der Waals surface area contributed by atoms with Gasteiger partial charge in [0.05, 0.1) is 6.04 Å². The van der Waals surface area contributed by atoms with Crippen LogP contribution >= 0.6 is 0 Å². The summed E-state index contributed by atoms with van der Waals surface area (Å²) in [6.07, 6.45) is -1.30. The van der Waals surface area contributed by atoms with Gasteiger partial charge >= 0.3 is 6.09 Å². The lowest BCUT2D eigenvalue weighted by molar-refractivity contribution is 0.0660. The van der Waals surface area contributed by atoms with Gasteiger partial charge in [0, 0.05) is 0 Å². The fourth-order valence-corrected chi connectivity index (χ4v) is 2.58. The average Bonchev–Trinajstić information content (AvgIpc) is 2.71. The van der Waals surface area contributed by atoms with E-state index in [1.807, 2.05) is 30.3 Å². The van der Waals surface area contributed by atoms with Gasteiger partial charge in [-0.25, -0.2) is 9.69 Å². The maximum Gasteiger partial charge on any atom is 0.414 e. The van der Waals surface area contributed by atoms with Gasteiger partial charge in [0.1, 0.15) is 30.3 Å². The summed E-state index contributed by atoms with van der Waals surface area (Å²) in [4.78, 5) is 24.9. The van der Waals surface area contributed by atoms with Gasteiger partial charge in [-0.15, -0.1) is 0 Å². The van der Waals surface area contributed by atoms with Crippen molar-refractivity contribution in [2.45, 2.75) is 19.6 Å². The third-order valence-corrected chi connectivity index (χ3v) is 3.78. The normalized spacial score (nSPS) is 16.8. The average molecular weight is 327 g/mol. The van der Waals surface area contributed by atoms with Crippen molar-refractivity contribution in [3.63, 3.8) is 0 Å². The van der Waals surface area contributed by atoms with Crippen LogP contribution in [0.4, 0.5) is 4.79 Å². The molecule has 0 unspecified atom stereocenters. The first-order valence-electron chi connectivity index (χ1n) is 7.57. The number of hydrogen-bond acceptors (Lipinski definition) is 4. The Bertz CT molecular complexity index is 759. The second-order valence-corrected chi connectivity index (χ2v) is 5.52. The van der Waals surface area contributed by atoms with Crippen molar-refractivity contribution in [1.82, 2.24) is 4.90 Å². The van der Waals surface area contributed by atoms with Crippen LogP contribution in [0.3, 0.4) is 0 Å². The molecule has 1 heterocycles. The summed E-state index contributed by atoms with van der Waals surface area (Å²) in [5.74, 6) is 0.00836. The fraction of sp³-hybridized carbons (Fsp3) is 0.222. The number of imide groups is 1. The predicted octanol–water partition coefficient (Wildman–Crippen LogP) is 3.17. The lowest BCUT2D eigenvalue weighted by Gasteiger charge is -2.21.